The number of rotatable bonds is 3. The van der Waals surface area contributed by atoms with Gasteiger partial charge in [-0.3, -0.25) is 0 Å². The number of hydrogen-bond acceptors (Lipinski definition) is 2. The van der Waals surface area contributed by atoms with E-state index in [0.29, 0.717) is 6.42 Å². The fourth-order valence-corrected chi connectivity index (χ4v) is 2.24. The molecule has 1 aliphatic rings. The van der Waals surface area contributed by atoms with E-state index >= 15 is 0 Å². The lowest BCUT2D eigenvalue weighted by atomic mass is 9.84. The molecule has 1 heterocycles. The molecule has 80 valence electrons. The van der Waals surface area contributed by atoms with Crippen molar-refractivity contribution >= 4 is 6.29 Å². The van der Waals surface area contributed by atoms with Crippen LogP contribution in [0.2, 0.25) is 0 Å². The molecule has 0 N–H and O–H groups in total. The number of hydrogen-bond donors (Lipinski definition) is 0. The third-order valence-corrected chi connectivity index (χ3v) is 3.07. The molecule has 0 bridgehead atoms. The van der Waals surface area contributed by atoms with Gasteiger partial charge in [-0.15, -0.1) is 0 Å². The second-order valence-electron chi connectivity index (χ2n) is 4.04. The van der Waals surface area contributed by atoms with E-state index in [-0.39, 0.29) is 5.60 Å². The first kappa shape index (κ1) is 10.4. The summed E-state index contributed by atoms with van der Waals surface area (Å²) in [4.78, 5) is 10.8. The maximum Gasteiger partial charge on any atom is 0.123 e. The van der Waals surface area contributed by atoms with Crippen LogP contribution >= 0.6 is 0 Å². The van der Waals surface area contributed by atoms with E-state index in [0.717, 1.165) is 37.7 Å². The van der Waals surface area contributed by atoms with Crippen molar-refractivity contribution < 1.29 is 9.53 Å². The molecular formula is C13H16O2. The van der Waals surface area contributed by atoms with Crippen LogP contribution in [-0.2, 0) is 15.1 Å². The minimum absolute atomic E-state index is 0.346. The summed E-state index contributed by atoms with van der Waals surface area (Å²) in [5.74, 6) is 0. The Morgan fingerprint density at radius 3 is 2.67 bits per heavy atom. The highest BCUT2D eigenvalue weighted by Crippen LogP contribution is 2.37. The lowest BCUT2D eigenvalue weighted by Gasteiger charge is -2.36. The van der Waals surface area contributed by atoms with E-state index in [2.05, 4.69) is 12.1 Å². The van der Waals surface area contributed by atoms with Crippen LogP contribution in [0.1, 0.15) is 31.2 Å². The molecule has 0 aromatic heterocycles. The summed E-state index contributed by atoms with van der Waals surface area (Å²) in [6.45, 7) is 0.767. The number of benzene rings is 1. The molecule has 0 saturated carbocycles. The Bertz CT molecular complexity index is 313. The average molecular weight is 204 g/mol. The zero-order chi connectivity index (χ0) is 10.6. The predicted octanol–water partition coefficient (Wildman–Crippen LogP) is 2.67. The van der Waals surface area contributed by atoms with Gasteiger partial charge >= 0.3 is 0 Å². The molecule has 1 aromatic rings. The van der Waals surface area contributed by atoms with Gasteiger partial charge in [-0.05, 0) is 24.8 Å². The average Bonchev–Trinajstić information content (AvgIpc) is 2.32. The van der Waals surface area contributed by atoms with E-state index in [1.807, 2.05) is 18.2 Å². The van der Waals surface area contributed by atoms with Crippen molar-refractivity contribution in [3.05, 3.63) is 35.9 Å². The number of carbonyl (C=O) groups excluding carboxylic acids is 1. The van der Waals surface area contributed by atoms with Gasteiger partial charge in [0, 0.05) is 13.0 Å². The minimum Gasteiger partial charge on any atom is -0.370 e. The van der Waals surface area contributed by atoms with Gasteiger partial charge in [-0.1, -0.05) is 30.3 Å². The van der Waals surface area contributed by atoms with E-state index in [9.17, 15) is 4.79 Å². The van der Waals surface area contributed by atoms with E-state index in [4.69, 9.17) is 4.74 Å². The molecule has 2 heteroatoms. The van der Waals surface area contributed by atoms with Gasteiger partial charge in [0.25, 0.3) is 0 Å². The fourth-order valence-electron chi connectivity index (χ4n) is 2.24. The largest absolute Gasteiger partial charge is 0.370 e. The first-order valence-electron chi connectivity index (χ1n) is 5.50. The quantitative estimate of drug-likeness (QED) is 0.707. The number of carbonyl (C=O) groups is 1. The van der Waals surface area contributed by atoms with Crippen LogP contribution in [0.15, 0.2) is 30.3 Å². The van der Waals surface area contributed by atoms with Crippen molar-refractivity contribution in [3.8, 4) is 0 Å². The minimum atomic E-state index is -0.346. The third-order valence-electron chi connectivity index (χ3n) is 3.07. The van der Waals surface area contributed by atoms with Crippen LogP contribution in [-0.4, -0.2) is 12.9 Å². The molecule has 15 heavy (non-hydrogen) atoms. The Hall–Kier alpha value is -1.15. The highest BCUT2D eigenvalue weighted by molar-refractivity contribution is 5.53. The lowest BCUT2D eigenvalue weighted by Crippen LogP contribution is -2.34. The smallest absolute Gasteiger partial charge is 0.123 e. The van der Waals surface area contributed by atoms with Gasteiger partial charge in [-0.25, -0.2) is 0 Å². The summed E-state index contributed by atoms with van der Waals surface area (Å²) in [5, 5.41) is 0. The molecule has 1 aromatic carbocycles. The molecule has 1 atom stereocenters. The molecule has 0 radical (unpaired) electrons. The predicted molar refractivity (Wildman–Crippen MR) is 58.6 cm³/mol. The van der Waals surface area contributed by atoms with Crippen molar-refractivity contribution in [3.63, 3.8) is 0 Å². The highest BCUT2D eigenvalue weighted by Gasteiger charge is 2.34. The normalized spacial score (nSPS) is 26.1. The Labute approximate surface area is 90.3 Å². The molecule has 0 amide bonds. The summed E-state index contributed by atoms with van der Waals surface area (Å²) in [7, 11) is 0. The van der Waals surface area contributed by atoms with Crippen molar-refractivity contribution in [2.75, 3.05) is 6.61 Å². The molecule has 1 aliphatic heterocycles. The first-order valence-corrected chi connectivity index (χ1v) is 5.50. The number of ether oxygens (including phenoxy) is 1. The van der Waals surface area contributed by atoms with Gasteiger partial charge in [0.05, 0.1) is 5.60 Å². The van der Waals surface area contributed by atoms with Crippen LogP contribution in [0.3, 0.4) is 0 Å². The summed E-state index contributed by atoms with van der Waals surface area (Å²) < 4.78 is 5.86. The zero-order valence-corrected chi connectivity index (χ0v) is 8.82. The molecule has 0 aliphatic carbocycles. The van der Waals surface area contributed by atoms with Crippen molar-refractivity contribution in [1.29, 1.82) is 0 Å². The molecular weight excluding hydrogens is 188 g/mol. The molecule has 1 fully saturated rings. The Morgan fingerprint density at radius 1 is 1.27 bits per heavy atom. The monoisotopic (exact) mass is 204 g/mol. The molecule has 2 nitrogen and oxygen atoms in total. The Balaban J connectivity index is 2.29. The van der Waals surface area contributed by atoms with Gasteiger partial charge in [-0.2, -0.15) is 0 Å². The van der Waals surface area contributed by atoms with Crippen molar-refractivity contribution in [1.82, 2.24) is 0 Å². The molecule has 0 spiro atoms. The Kier molecular flexibility index (Phi) is 3.17. The van der Waals surface area contributed by atoms with Gasteiger partial charge in [0.15, 0.2) is 0 Å². The van der Waals surface area contributed by atoms with Crippen LogP contribution < -0.4 is 0 Å². The summed E-state index contributed by atoms with van der Waals surface area (Å²) >= 11 is 0. The van der Waals surface area contributed by atoms with E-state index in [1.165, 1.54) is 0 Å². The number of aldehydes is 1. The van der Waals surface area contributed by atoms with E-state index in [1.54, 1.807) is 0 Å². The van der Waals surface area contributed by atoms with Crippen LogP contribution in [0, 0.1) is 0 Å². The SMILES string of the molecule is O=CCC1(c2ccccc2)CCCCO1. The zero-order valence-electron chi connectivity index (χ0n) is 8.82. The van der Waals surface area contributed by atoms with Crippen molar-refractivity contribution in [2.24, 2.45) is 0 Å². The maximum absolute atomic E-state index is 10.8. The van der Waals surface area contributed by atoms with Crippen LogP contribution in [0.4, 0.5) is 0 Å². The standard InChI is InChI=1S/C13H16O2/c14-10-9-13(8-4-5-11-15-13)12-6-2-1-3-7-12/h1-3,6-7,10H,4-5,8-9,11H2. The van der Waals surface area contributed by atoms with Gasteiger partial charge in [0.1, 0.15) is 6.29 Å². The summed E-state index contributed by atoms with van der Waals surface area (Å²) in [6, 6.07) is 10.1. The fraction of sp³-hybridized carbons (Fsp3) is 0.462. The van der Waals surface area contributed by atoms with Crippen molar-refractivity contribution in [2.45, 2.75) is 31.3 Å². The van der Waals surface area contributed by atoms with Gasteiger partial charge in [0.2, 0.25) is 0 Å². The molecule has 1 saturated heterocycles. The second-order valence-corrected chi connectivity index (χ2v) is 4.04. The topological polar surface area (TPSA) is 26.3 Å². The summed E-state index contributed by atoms with van der Waals surface area (Å²) in [6.07, 6.45) is 4.64. The third kappa shape index (κ3) is 2.10. The maximum atomic E-state index is 10.8. The Morgan fingerprint density at radius 2 is 2.07 bits per heavy atom. The van der Waals surface area contributed by atoms with Gasteiger partial charge < -0.3 is 9.53 Å². The van der Waals surface area contributed by atoms with E-state index < -0.39 is 0 Å². The second kappa shape index (κ2) is 4.58. The molecule has 1 unspecified atom stereocenters. The highest BCUT2D eigenvalue weighted by atomic mass is 16.5. The first-order chi connectivity index (χ1) is 7.37. The van der Waals surface area contributed by atoms with Crippen LogP contribution in [0.5, 0.6) is 0 Å². The molecule has 2 rings (SSSR count). The van der Waals surface area contributed by atoms with Crippen LogP contribution in [0.25, 0.3) is 0 Å². The lowest BCUT2D eigenvalue weighted by molar-refractivity contribution is -0.123. The summed E-state index contributed by atoms with van der Waals surface area (Å²) in [5.41, 5.74) is 0.790.